The molecule has 0 aliphatic rings. The lowest BCUT2D eigenvalue weighted by atomic mass is 9.85. The third-order valence-electron chi connectivity index (χ3n) is 2.10. The maximum Gasteiger partial charge on any atom is 0.00521 e. The van der Waals surface area contributed by atoms with Gasteiger partial charge in [0.25, 0.3) is 0 Å². The summed E-state index contributed by atoms with van der Waals surface area (Å²) < 4.78 is 0. The van der Waals surface area contributed by atoms with Crippen LogP contribution in [0.15, 0.2) is 11.4 Å². The van der Waals surface area contributed by atoms with Crippen molar-refractivity contribution in [2.45, 2.75) is 26.2 Å². The molecule has 0 saturated carbocycles. The molecule has 1 rings (SSSR count). The normalized spacial score (nSPS) is 12.0. The van der Waals surface area contributed by atoms with E-state index < -0.39 is 0 Å². The summed E-state index contributed by atoms with van der Waals surface area (Å²) in [7, 11) is 0. The van der Waals surface area contributed by atoms with Gasteiger partial charge in [-0.15, -0.1) is 11.3 Å². The van der Waals surface area contributed by atoms with Crippen LogP contribution >= 0.6 is 11.3 Å². The topological polar surface area (TPSA) is 26.0 Å². The van der Waals surface area contributed by atoms with Crippen LogP contribution < -0.4 is 5.73 Å². The Balaban J connectivity index is 3.00. The molecule has 2 heteroatoms. The van der Waals surface area contributed by atoms with Crippen LogP contribution in [0.3, 0.4) is 0 Å². The number of hydrogen-bond acceptors (Lipinski definition) is 2. The highest BCUT2D eigenvalue weighted by Gasteiger charge is 2.20. The Morgan fingerprint density at radius 1 is 1.55 bits per heavy atom. The molecule has 1 nitrogen and oxygen atoms in total. The maximum atomic E-state index is 5.67. The van der Waals surface area contributed by atoms with Crippen molar-refractivity contribution in [1.29, 1.82) is 0 Å². The van der Waals surface area contributed by atoms with Gasteiger partial charge in [0, 0.05) is 16.8 Å². The van der Waals surface area contributed by atoms with Crippen LogP contribution in [0.2, 0.25) is 0 Å². The van der Waals surface area contributed by atoms with Gasteiger partial charge in [-0.05, 0) is 23.9 Å². The largest absolute Gasteiger partial charge is 0.330 e. The first-order chi connectivity index (χ1) is 5.08. The van der Waals surface area contributed by atoms with Crippen LogP contribution in [0, 0.1) is 6.92 Å². The Labute approximate surface area is 72.2 Å². The first kappa shape index (κ1) is 8.75. The van der Waals surface area contributed by atoms with E-state index in [4.69, 9.17) is 5.73 Å². The fourth-order valence-electron chi connectivity index (χ4n) is 1.20. The molecule has 0 fully saturated rings. The quantitative estimate of drug-likeness (QED) is 0.722. The molecule has 0 aromatic carbocycles. The fourth-order valence-corrected chi connectivity index (χ4v) is 2.08. The molecule has 0 spiro atoms. The highest BCUT2D eigenvalue weighted by atomic mass is 32.1. The maximum absolute atomic E-state index is 5.67. The summed E-state index contributed by atoms with van der Waals surface area (Å²) in [6.07, 6.45) is 0. The molecule has 1 heterocycles. The fraction of sp³-hybridized carbons (Fsp3) is 0.556. The predicted molar refractivity (Wildman–Crippen MR) is 51.1 cm³/mol. The molecule has 0 unspecified atom stereocenters. The smallest absolute Gasteiger partial charge is 0.00521 e. The van der Waals surface area contributed by atoms with E-state index in [0.29, 0.717) is 6.54 Å². The summed E-state index contributed by atoms with van der Waals surface area (Å²) in [5, 5.41) is 2.13. The summed E-state index contributed by atoms with van der Waals surface area (Å²) in [6, 6.07) is 2.17. The van der Waals surface area contributed by atoms with E-state index in [1.807, 2.05) is 0 Å². The van der Waals surface area contributed by atoms with Crippen molar-refractivity contribution in [2.75, 3.05) is 6.54 Å². The van der Waals surface area contributed by atoms with Crippen molar-refractivity contribution in [3.05, 3.63) is 21.9 Å². The van der Waals surface area contributed by atoms with E-state index in [2.05, 4.69) is 32.2 Å². The van der Waals surface area contributed by atoms with Gasteiger partial charge in [-0.3, -0.25) is 0 Å². The number of nitrogens with two attached hydrogens (primary N) is 1. The van der Waals surface area contributed by atoms with Crippen molar-refractivity contribution in [3.63, 3.8) is 0 Å². The Bertz CT molecular complexity index is 237. The van der Waals surface area contributed by atoms with Gasteiger partial charge in [0.15, 0.2) is 0 Å². The lowest BCUT2D eigenvalue weighted by molar-refractivity contribution is 0.538. The summed E-state index contributed by atoms with van der Waals surface area (Å²) >= 11 is 1.79. The van der Waals surface area contributed by atoms with Crippen molar-refractivity contribution in [2.24, 2.45) is 5.73 Å². The van der Waals surface area contributed by atoms with E-state index in [-0.39, 0.29) is 5.41 Å². The molecule has 1 aromatic heterocycles. The zero-order chi connectivity index (χ0) is 8.48. The van der Waals surface area contributed by atoms with Crippen LogP contribution in [0.1, 0.15) is 24.3 Å². The molecule has 2 N–H and O–H groups in total. The van der Waals surface area contributed by atoms with E-state index in [1.165, 1.54) is 10.4 Å². The average Bonchev–Trinajstić information content (AvgIpc) is 2.36. The van der Waals surface area contributed by atoms with Crippen LogP contribution in [0.4, 0.5) is 0 Å². The van der Waals surface area contributed by atoms with Crippen molar-refractivity contribution in [1.82, 2.24) is 0 Å². The van der Waals surface area contributed by atoms with Gasteiger partial charge in [0.1, 0.15) is 0 Å². The van der Waals surface area contributed by atoms with Gasteiger partial charge in [0.05, 0.1) is 0 Å². The monoisotopic (exact) mass is 169 g/mol. The summed E-state index contributed by atoms with van der Waals surface area (Å²) in [6.45, 7) is 7.23. The number of hydrogen-bond donors (Lipinski definition) is 1. The Hall–Kier alpha value is -0.340. The lowest BCUT2D eigenvalue weighted by Crippen LogP contribution is -2.28. The van der Waals surface area contributed by atoms with Crippen molar-refractivity contribution >= 4 is 11.3 Å². The minimum atomic E-state index is 0.143. The Kier molecular flexibility index (Phi) is 2.35. The molecular weight excluding hydrogens is 154 g/mol. The summed E-state index contributed by atoms with van der Waals surface area (Å²) in [5.41, 5.74) is 7.21. The number of thiophene rings is 1. The molecule has 0 saturated heterocycles. The zero-order valence-corrected chi connectivity index (χ0v) is 8.16. The van der Waals surface area contributed by atoms with Gasteiger partial charge < -0.3 is 5.73 Å². The first-order valence-electron chi connectivity index (χ1n) is 3.82. The van der Waals surface area contributed by atoms with Gasteiger partial charge in [-0.1, -0.05) is 13.8 Å². The highest BCUT2D eigenvalue weighted by molar-refractivity contribution is 7.10. The number of aryl methyl sites for hydroxylation is 1. The minimum Gasteiger partial charge on any atom is -0.330 e. The second-order valence-corrected chi connectivity index (χ2v) is 4.60. The van der Waals surface area contributed by atoms with Crippen LogP contribution in [-0.4, -0.2) is 6.54 Å². The average molecular weight is 169 g/mol. The molecule has 11 heavy (non-hydrogen) atoms. The third kappa shape index (κ3) is 1.63. The molecule has 1 aromatic rings. The third-order valence-corrected chi connectivity index (χ3v) is 2.94. The van der Waals surface area contributed by atoms with Crippen molar-refractivity contribution in [3.8, 4) is 0 Å². The Morgan fingerprint density at radius 2 is 2.18 bits per heavy atom. The van der Waals surface area contributed by atoms with Crippen LogP contribution in [-0.2, 0) is 5.41 Å². The van der Waals surface area contributed by atoms with Crippen LogP contribution in [0.25, 0.3) is 0 Å². The SMILES string of the molecule is Cc1sccc1C(C)(C)CN. The van der Waals surface area contributed by atoms with E-state index in [9.17, 15) is 0 Å². The molecule has 0 aliphatic carbocycles. The van der Waals surface area contributed by atoms with E-state index >= 15 is 0 Å². The molecule has 0 bridgehead atoms. The standard InChI is InChI=1S/C9H15NS/c1-7-8(4-5-11-7)9(2,3)6-10/h4-5H,6,10H2,1-3H3. The van der Waals surface area contributed by atoms with Gasteiger partial charge in [-0.2, -0.15) is 0 Å². The summed E-state index contributed by atoms with van der Waals surface area (Å²) in [4.78, 5) is 1.39. The van der Waals surface area contributed by atoms with Crippen LogP contribution in [0.5, 0.6) is 0 Å². The van der Waals surface area contributed by atoms with Crippen molar-refractivity contribution < 1.29 is 0 Å². The molecule has 62 valence electrons. The number of rotatable bonds is 2. The molecule has 0 radical (unpaired) electrons. The first-order valence-corrected chi connectivity index (χ1v) is 4.70. The molecule has 0 amide bonds. The lowest BCUT2D eigenvalue weighted by Gasteiger charge is -2.22. The van der Waals surface area contributed by atoms with E-state index in [1.54, 1.807) is 11.3 Å². The van der Waals surface area contributed by atoms with Gasteiger partial charge in [-0.25, -0.2) is 0 Å². The Morgan fingerprint density at radius 3 is 2.55 bits per heavy atom. The minimum absolute atomic E-state index is 0.143. The highest BCUT2D eigenvalue weighted by Crippen LogP contribution is 2.28. The van der Waals surface area contributed by atoms with Gasteiger partial charge >= 0.3 is 0 Å². The second kappa shape index (κ2) is 2.95. The molecule has 0 atom stereocenters. The molecular formula is C9H15NS. The predicted octanol–water partition coefficient (Wildman–Crippen LogP) is 2.29. The van der Waals surface area contributed by atoms with E-state index in [0.717, 1.165) is 0 Å². The molecule has 0 aliphatic heterocycles. The summed E-state index contributed by atoms with van der Waals surface area (Å²) in [5.74, 6) is 0. The zero-order valence-electron chi connectivity index (χ0n) is 7.35. The second-order valence-electron chi connectivity index (χ2n) is 3.48. The van der Waals surface area contributed by atoms with Gasteiger partial charge in [0.2, 0.25) is 0 Å².